The van der Waals surface area contributed by atoms with E-state index >= 15 is 0 Å². The Morgan fingerprint density at radius 2 is 2.36 bits per heavy atom. The molecule has 3 nitrogen and oxygen atoms in total. The highest BCUT2D eigenvalue weighted by molar-refractivity contribution is 5.83. The molecule has 11 heavy (non-hydrogen) atoms. The van der Waals surface area contributed by atoms with Crippen molar-refractivity contribution in [3.05, 3.63) is 24.0 Å². The monoisotopic (exact) mass is 147 g/mol. The number of aromatic amines is 1. The zero-order valence-electron chi connectivity index (χ0n) is 6.26. The lowest BCUT2D eigenvalue weighted by molar-refractivity contribution is 1.24. The van der Waals surface area contributed by atoms with Crippen LogP contribution in [-0.2, 0) is 0 Å². The highest BCUT2D eigenvalue weighted by Crippen LogP contribution is 2.16. The molecule has 0 aliphatic carbocycles. The first-order valence-electron chi connectivity index (χ1n) is 3.47. The maximum absolute atomic E-state index is 5.55. The van der Waals surface area contributed by atoms with E-state index in [4.69, 9.17) is 5.73 Å². The van der Waals surface area contributed by atoms with Crippen molar-refractivity contribution >= 4 is 16.7 Å². The normalized spacial score (nSPS) is 10.6. The SMILES string of the molecule is Cc1nc(N)cc2[nH]ccc12. The van der Waals surface area contributed by atoms with Crippen molar-refractivity contribution in [1.82, 2.24) is 9.97 Å². The predicted molar refractivity (Wildman–Crippen MR) is 45.2 cm³/mol. The van der Waals surface area contributed by atoms with Gasteiger partial charge in [0.1, 0.15) is 5.82 Å². The molecule has 0 radical (unpaired) electrons. The number of aryl methyl sites for hydroxylation is 1. The molecule has 0 spiro atoms. The van der Waals surface area contributed by atoms with Crippen LogP contribution in [0.2, 0.25) is 0 Å². The van der Waals surface area contributed by atoms with Gasteiger partial charge in [0.15, 0.2) is 0 Å². The maximum Gasteiger partial charge on any atom is 0.125 e. The molecule has 0 atom stereocenters. The third-order valence-electron chi connectivity index (χ3n) is 1.76. The number of nitrogen functional groups attached to an aromatic ring is 1. The molecular formula is C8H9N3. The third-order valence-corrected chi connectivity index (χ3v) is 1.76. The number of nitrogens with zero attached hydrogens (tertiary/aromatic N) is 1. The average molecular weight is 147 g/mol. The van der Waals surface area contributed by atoms with Crippen molar-refractivity contribution in [2.45, 2.75) is 6.92 Å². The molecule has 3 heteroatoms. The van der Waals surface area contributed by atoms with Crippen molar-refractivity contribution < 1.29 is 0 Å². The lowest BCUT2D eigenvalue weighted by Gasteiger charge is -1.96. The molecule has 0 saturated carbocycles. The maximum atomic E-state index is 5.55. The number of nitrogens with two attached hydrogens (primary N) is 1. The van der Waals surface area contributed by atoms with Crippen LogP contribution in [0.1, 0.15) is 5.69 Å². The topological polar surface area (TPSA) is 54.7 Å². The van der Waals surface area contributed by atoms with E-state index in [2.05, 4.69) is 9.97 Å². The molecule has 2 heterocycles. The fourth-order valence-electron chi connectivity index (χ4n) is 1.25. The summed E-state index contributed by atoms with van der Waals surface area (Å²) in [4.78, 5) is 7.21. The molecule has 0 saturated heterocycles. The van der Waals surface area contributed by atoms with Gasteiger partial charge in [0.2, 0.25) is 0 Å². The Bertz CT molecular complexity index is 389. The van der Waals surface area contributed by atoms with E-state index in [1.165, 1.54) is 0 Å². The predicted octanol–water partition coefficient (Wildman–Crippen LogP) is 1.45. The van der Waals surface area contributed by atoms with Gasteiger partial charge in [-0.1, -0.05) is 0 Å². The Kier molecular flexibility index (Phi) is 1.12. The molecule has 0 aliphatic rings. The van der Waals surface area contributed by atoms with Crippen LogP contribution in [0.5, 0.6) is 0 Å². The lowest BCUT2D eigenvalue weighted by atomic mass is 10.2. The van der Waals surface area contributed by atoms with E-state index in [1.54, 1.807) is 0 Å². The number of rotatable bonds is 0. The first kappa shape index (κ1) is 6.22. The summed E-state index contributed by atoms with van der Waals surface area (Å²) >= 11 is 0. The molecule has 0 unspecified atom stereocenters. The Labute approximate surface area is 64.2 Å². The molecule has 0 bridgehead atoms. The number of H-pyrrole nitrogens is 1. The smallest absolute Gasteiger partial charge is 0.125 e. The zero-order valence-corrected chi connectivity index (χ0v) is 6.26. The van der Waals surface area contributed by atoms with Gasteiger partial charge in [0, 0.05) is 23.3 Å². The standard InChI is InChI=1S/C8H9N3/c1-5-6-2-3-10-7(6)4-8(9)11-5/h2-4,10H,1H3,(H2,9,11). The minimum Gasteiger partial charge on any atom is -0.384 e. The van der Waals surface area contributed by atoms with E-state index in [0.29, 0.717) is 5.82 Å². The summed E-state index contributed by atoms with van der Waals surface area (Å²) in [5.74, 6) is 0.567. The summed E-state index contributed by atoms with van der Waals surface area (Å²) < 4.78 is 0. The molecule has 2 aromatic heterocycles. The van der Waals surface area contributed by atoms with Gasteiger partial charge in [0.05, 0.1) is 5.52 Å². The fourth-order valence-corrected chi connectivity index (χ4v) is 1.25. The summed E-state index contributed by atoms with van der Waals surface area (Å²) in [6, 6.07) is 3.83. The lowest BCUT2D eigenvalue weighted by Crippen LogP contribution is -1.91. The molecule has 2 aromatic rings. The molecule has 56 valence electrons. The summed E-state index contributed by atoms with van der Waals surface area (Å²) in [6.45, 7) is 1.95. The Morgan fingerprint density at radius 3 is 3.18 bits per heavy atom. The molecule has 0 aliphatic heterocycles. The Morgan fingerprint density at radius 1 is 1.55 bits per heavy atom. The van der Waals surface area contributed by atoms with Gasteiger partial charge in [-0.15, -0.1) is 0 Å². The highest BCUT2D eigenvalue weighted by atomic mass is 14.8. The number of hydrogen-bond donors (Lipinski definition) is 2. The van der Waals surface area contributed by atoms with Gasteiger partial charge in [0.25, 0.3) is 0 Å². The first-order valence-corrected chi connectivity index (χ1v) is 3.47. The van der Waals surface area contributed by atoms with Crippen LogP contribution >= 0.6 is 0 Å². The van der Waals surface area contributed by atoms with Crippen LogP contribution < -0.4 is 5.73 Å². The number of hydrogen-bond acceptors (Lipinski definition) is 2. The second kappa shape index (κ2) is 1.99. The largest absolute Gasteiger partial charge is 0.384 e. The Balaban J connectivity index is 2.91. The average Bonchev–Trinajstić information content (AvgIpc) is 2.34. The quantitative estimate of drug-likeness (QED) is 0.592. The minimum absolute atomic E-state index is 0.567. The first-order chi connectivity index (χ1) is 5.27. The van der Waals surface area contributed by atoms with Gasteiger partial charge >= 0.3 is 0 Å². The summed E-state index contributed by atoms with van der Waals surface area (Å²) in [5.41, 5.74) is 7.58. The minimum atomic E-state index is 0.567. The summed E-state index contributed by atoms with van der Waals surface area (Å²) in [5, 5.41) is 1.14. The van der Waals surface area contributed by atoms with Crippen molar-refractivity contribution in [1.29, 1.82) is 0 Å². The van der Waals surface area contributed by atoms with E-state index < -0.39 is 0 Å². The fraction of sp³-hybridized carbons (Fsp3) is 0.125. The van der Waals surface area contributed by atoms with E-state index in [-0.39, 0.29) is 0 Å². The van der Waals surface area contributed by atoms with Crippen molar-refractivity contribution in [3.63, 3.8) is 0 Å². The van der Waals surface area contributed by atoms with E-state index in [1.807, 2.05) is 25.3 Å². The molecule has 0 aromatic carbocycles. The van der Waals surface area contributed by atoms with E-state index in [9.17, 15) is 0 Å². The second-order valence-corrected chi connectivity index (χ2v) is 2.57. The van der Waals surface area contributed by atoms with Crippen molar-refractivity contribution in [2.75, 3.05) is 5.73 Å². The van der Waals surface area contributed by atoms with E-state index in [0.717, 1.165) is 16.6 Å². The highest BCUT2D eigenvalue weighted by Gasteiger charge is 1.99. The summed E-state index contributed by atoms with van der Waals surface area (Å²) in [6.07, 6.45) is 1.89. The van der Waals surface area contributed by atoms with Gasteiger partial charge in [-0.05, 0) is 13.0 Å². The molecule has 3 N–H and O–H groups in total. The summed E-state index contributed by atoms with van der Waals surface area (Å²) in [7, 11) is 0. The van der Waals surface area contributed by atoms with Gasteiger partial charge in [-0.25, -0.2) is 4.98 Å². The van der Waals surface area contributed by atoms with Crippen LogP contribution in [0.3, 0.4) is 0 Å². The molecule has 2 rings (SSSR count). The van der Waals surface area contributed by atoms with Gasteiger partial charge < -0.3 is 10.7 Å². The van der Waals surface area contributed by atoms with Crippen LogP contribution in [0, 0.1) is 6.92 Å². The van der Waals surface area contributed by atoms with Gasteiger partial charge in [-0.3, -0.25) is 0 Å². The number of fused-ring (bicyclic) bond motifs is 1. The Hall–Kier alpha value is -1.51. The molecule has 0 amide bonds. The van der Waals surface area contributed by atoms with Crippen molar-refractivity contribution in [3.8, 4) is 0 Å². The van der Waals surface area contributed by atoms with Gasteiger partial charge in [-0.2, -0.15) is 0 Å². The number of nitrogens with one attached hydrogen (secondary N) is 1. The molecular weight excluding hydrogens is 138 g/mol. The van der Waals surface area contributed by atoms with Crippen molar-refractivity contribution in [2.24, 2.45) is 0 Å². The zero-order chi connectivity index (χ0) is 7.84. The molecule has 0 fully saturated rings. The van der Waals surface area contributed by atoms with Crippen LogP contribution in [0.4, 0.5) is 5.82 Å². The van der Waals surface area contributed by atoms with Crippen LogP contribution in [-0.4, -0.2) is 9.97 Å². The number of anilines is 1. The third kappa shape index (κ3) is 0.852. The van der Waals surface area contributed by atoms with Crippen LogP contribution in [0.15, 0.2) is 18.3 Å². The number of pyridine rings is 1. The second-order valence-electron chi connectivity index (χ2n) is 2.57. The number of aromatic nitrogens is 2. The van der Waals surface area contributed by atoms with Crippen LogP contribution in [0.25, 0.3) is 10.9 Å².